The Labute approximate surface area is 210 Å². The summed E-state index contributed by atoms with van der Waals surface area (Å²) < 4.78 is 7.39. The summed E-state index contributed by atoms with van der Waals surface area (Å²) in [5, 5.41) is 16.9. The molecular weight excluding hydrogens is 487 g/mol. The van der Waals surface area contributed by atoms with E-state index in [1.54, 1.807) is 48.1 Å². The minimum Gasteiger partial charge on any atom is -0.479 e. The molecule has 1 unspecified atom stereocenters. The second kappa shape index (κ2) is 9.69. The summed E-state index contributed by atoms with van der Waals surface area (Å²) in [6.45, 7) is 1.65. The Hall–Kier alpha value is -4.01. The van der Waals surface area contributed by atoms with E-state index in [9.17, 15) is 4.79 Å². The number of hydrogen-bond acceptors (Lipinski definition) is 6. The van der Waals surface area contributed by atoms with E-state index < -0.39 is 6.10 Å². The van der Waals surface area contributed by atoms with Crippen molar-refractivity contribution in [2.75, 3.05) is 5.32 Å². The summed E-state index contributed by atoms with van der Waals surface area (Å²) in [4.78, 5) is 16.8. The molecule has 3 heterocycles. The highest BCUT2D eigenvalue weighted by Crippen LogP contribution is 2.29. The lowest BCUT2D eigenvalue weighted by atomic mass is 10.1. The van der Waals surface area contributed by atoms with E-state index in [1.807, 2.05) is 42.5 Å². The van der Waals surface area contributed by atoms with Crippen molar-refractivity contribution in [1.29, 1.82) is 0 Å². The SMILES string of the molecule is CC(Oc1ccc(Cl)cc1Cl)C(=O)Nc1cccc(-c2ccc3nnc(-c4ccncc4)n3n2)c1. The molecule has 0 saturated heterocycles. The number of nitrogens with one attached hydrogen (secondary N) is 1. The van der Waals surface area contributed by atoms with Crippen LogP contribution in [0.25, 0.3) is 28.3 Å². The molecule has 0 aliphatic carbocycles. The van der Waals surface area contributed by atoms with E-state index in [0.717, 1.165) is 11.1 Å². The van der Waals surface area contributed by atoms with Crippen molar-refractivity contribution in [3.8, 4) is 28.4 Å². The lowest BCUT2D eigenvalue weighted by Crippen LogP contribution is -2.30. The van der Waals surface area contributed by atoms with Crippen LogP contribution in [0, 0.1) is 0 Å². The van der Waals surface area contributed by atoms with Gasteiger partial charge in [0.2, 0.25) is 0 Å². The second-order valence-electron chi connectivity index (χ2n) is 7.65. The Morgan fingerprint density at radius 3 is 2.60 bits per heavy atom. The van der Waals surface area contributed by atoms with Crippen LogP contribution in [0.1, 0.15) is 6.92 Å². The van der Waals surface area contributed by atoms with Crippen LogP contribution in [0.5, 0.6) is 5.75 Å². The van der Waals surface area contributed by atoms with E-state index in [2.05, 4.69) is 20.5 Å². The molecule has 2 aromatic carbocycles. The van der Waals surface area contributed by atoms with Crippen LogP contribution in [-0.4, -0.2) is 36.8 Å². The second-order valence-corrected chi connectivity index (χ2v) is 8.50. The van der Waals surface area contributed by atoms with Crippen molar-refractivity contribution in [2.45, 2.75) is 13.0 Å². The van der Waals surface area contributed by atoms with Gasteiger partial charge < -0.3 is 10.1 Å². The van der Waals surface area contributed by atoms with Crippen LogP contribution in [0.4, 0.5) is 5.69 Å². The van der Waals surface area contributed by atoms with Gasteiger partial charge >= 0.3 is 0 Å². The molecule has 3 aromatic heterocycles. The highest BCUT2D eigenvalue weighted by molar-refractivity contribution is 6.35. The van der Waals surface area contributed by atoms with Crippen molar-refractivity contribution >= 4 is 40.4 Å². The molecule has 0 radical (unpaired) electrons. The van der Waals surface area contributed by atoms with E-state index in [-0.39, 0.29) is 5.91 Å². The molecule has 0 fully saturated rings. The van der Waals surface area contributed by atoms with Crippen LogP contribution in [0.2, 0.25) is 10.0 Å². The average Bonchev–Trinajstić information content (AvgIpc) is 3.30. The fraction of sp³-hybridized carbons (Fsp3) is 0.0800. The number of benzene rings is 2. The molecule has 0 spiro atoms. The maximum atomic E-state index is 12.7. The van der Waals surface area contributed by atoms with Crippen LogP contribution < -0.4 is 10.1 Å². The van der Waals surface area contributed by atoms with Gasteiger partial charge in [-0.05, 0) is 61.5 Å². The Balaban J connectivity index is 1.36. The summed E-state index contributed by atoms with van der Waals surface area (Å²) >= 11 is 12.1. The smallest absolute Gasteiger partial charge is 0.265 e. The van der Waals surface area contributed by atoms with Gasteiger partial charge in [0.1, 0.15) is 5.75 Å². The van der Waals surface area contributed by atoms with Gasteiger partial charge in [0.25, 0.3) is 5.91 Å². The Morgan fingerprint density at radius 2 is 1.80 bits per heavy atom. The van der Waals surface area contributed by atoms with E-state index in [4.69, 9.17) is 33.0 Å². The van der Waals surface area contributed by atoms with Gasteiger partial charge in [-0.25, -0.2) is 0 Å². The number of fused-ring (bicyclic) bond motifs is 1. The first kappa shape index (κ1) is 22.8. The molecule has 1 N–H and O–H groups in total. The van der Waals surface area contributed by atoms with Crippen molar-refractivity contribution in [3.05, 3.63) is 89.2 Å². The first-order chi connectivity index (χ1) is 17.0. The topological polar surface area (TPSA) is 94.3 Å². The highest BCUT2D eigenvalue weighted by Gasteiger charge is 2.17. The number of carbonyl (C=O) groups is 1. The number of rotatable bonds is 6. The zero-order valence-corrected chi connectivity index (χ0v) is 19.9. The molecule has 0 aliphatic heterocycles. The van der Waals surface area contributed by atoms with Gasteiger partial charge in [-0.1, -0.05) is 35.3 Å². The van der Waals surface area contributed by atoms with Crippen molar-refractivity contribution in [1.82, 2.24) is 24.8 Å². The minimum atomic E-state index is -0.785. The van der Waals surface area contributed by atoms with E-state index in [0.29, 0.717) is 38.6 Å². The number of amides is 1. The van der Waals surface area contributed by atoms with Crippen molar-refractivity contribution < 1.29 is 9.53 Å². The zero-order valence-electron chi connectivity index (χ0n) is 18.4. The Kier molecular flexibility index (Phi) is 6.31. The molecule has 0 aliphatic rings. The standard InChI is InChI=1S/C25H18Cl2N6O2/c1-15(35-22-7-5-18(26)14-20(22)27)25(34)29-19-4-2-3-17(13-19)21-6-8-23-30-31-24(33(23)32-21)16-9-11-28-12-10-16/h2-15H,1H3,(H,29,34). The first-order valence-electron chi connectivity index (χ1n) is 10.6. The van der Waals surface area contributed by atoms with Gasteiger partial charge in [0.15, 0.2) is 17.6 Å². The molecule has 35 heavy (non-hydrogen) atoms. The monoisotopic (exact) mass is 504 g/mol. The number of pyridine rings is 1. The normalized spacial score (nSPS) is 11.9. The lowest BCUT2D eigenvalue weighted by Gasteiger charge is -2.16. The Bertz CT molecular complexity index is 1520. The number of carbonyl (C=O) groups excluding carboxylic acids is 1. The summed E-state index contributed by atoms with van der Waals surface area (Å²) in [7, 11) is 0. The van der Waals surface area contributed by atoms with Crippen molar-refractivity contribution in [3.63, 3.8) is 0 Å². The third-order valence-electron chi connectivity index (χ3n) is 5.19. The molecule has 8 nitrogen and oxygen atoms in total. The average molecular weight is 505 g/mol. The largest absolute Gasteiger partial charge is 0.479 e. The number of nitrogens with zero attached hydrogens (tertiary/aromatic N) is 5. The van der Waals surface area contributed by atoms with Crippen molar-refractivity contribution in [2.24, 2.45) is 0 Å². The summed E-state index contributed by atoms with van der Waals surface area (Å²) in [5.74, 6) is 0.666. The van der Waals surface area contributed by atoms with Crippen LogP contribution in [0.15, 0.2) is 79.1 Å². The van der Waals surface area contributed by atoms with Crippen LogP contribution >= 0.6 is 23.2 Å². The number of hydrogen-bond donors (Lipinski definition) is 1. The van der Waals surface area contributed by atoms with Crippen LogP contribution in [0.3, 0.4) is 0 Å². The zero-order chi connectivity index (χ0) is 24.4. The third kappa shape index (κ3) is 4.94. The van der Waals surface area contributed by atoms with Gasteiger partial charge in [-0.3, -0.25) is 9.78 Å². The molecule has 174 valence electrons. The number of aromatic nitrogens is 5. The molecule has 5 aromatic rings. The maximum Gasteiger partial charge on any atom is 0.265 e. The maximum absolute atomic E-state index is 12.7. The molecule has 0 bridgehead atoms. The molecule has 10 heteroatoms. The number of halogens is 2. The summed E-state index contributed by atoms with van der Waals surface area (Å²) in [5.41, 5.74) is 3.59. The van der Waals surface area contributed by atoms with Gasteiger partial charge in [-0.15, -0.1) is 10.2 Å². The summed E-state index contributed by atoms with van der Waals surface area (Å²) in [6.07, 6.45) is 2.60. The molecule has 1 atom stereocenters. The minimum absolute atomic E-state index is 0.324. The predicted molar refractivity (Wildman–Crippen MR) is 135 cm³/mol. The van der Waals surface area contributed by atoms with Gasteiger partial charge in [0.05, 0.1) is 10.7 Å². The van der Waals surface area contributed by atoms with Crippen LogP contribution in [-0.2, 0) is 4.79 Å². The van der Waals surface area contributed by atoms with Gasteiger partial charge in [0, 0.05) is 34.2 Å². The molecule has 5 rings (SSSR count). The molecule has 0 saturated carbocycles. The third-order valence-corrected chi connectivity index (χ3v) is 5.72. The quantitative estimate of drug-likeness (QED) is 0.325. The van der Waals surface area contributed by atoms with Gasteiger partial charge in [-0.2, -0.15) is 9.61 Å². The fourth-order valence-corrected chi connectivity index (χ4v) is 3.89. The highest BCUT2D eigenvalue weighted by atomic mass is 35.5. The molecular formula is C25H18Cl2N6O2. The predicted octanol–water partition coefficient (Wildman–Crippen LogP) is 5.57. The number of ether oxygens (including phenoxy) is 1. The first-order valence-corrected chi connectivity index (χ1v) is 11.4. The van der Waals surface area contributed by atoms with E-state index in [1.165, 1.54) is 0 Å². The summed E-state index contributed by atoms with van der Waals surface area (Å²) in [6, 6.07) is 19.6. The lowest BCUT2D eigenvalue weighted by molar-refractivity contribution is -0.122. The number of anilines is 1. The fourth-order valence-electron chi connectivity index (χ4n) is 3.44. The Morgan fingerprint density at radius 1 is 0.971 bits per heavy atom. The molecule has 1 amide bonds. The van der Waals surface area contributed by atoms with E-state index >= 15 is 0 Å².